The molecule has 0 saturated carbocycles. The number of carbonyl (C=O) groups is 1. The molecule has 1 aliphatic heterocycles. The number of aromatic nitrogens is 6. The molecule has 6 heterocycles. The van der Waals surface area contributed by atoms with Crippen molar-refractivity contribution in [3.63, 3.8) is 0 Å². The monoisotopic (exact) mass is 542 g/mol. The van der Waals surface area contributed by atoms with Crippen LogP contribution in [0.5, 0.6) is 0 Å². The molecule has 0 atom stereocenters. The molecule has 1 aliphatic rings. The first kappa shape index (κ1) is 25.4. The van der Waals surface area contributed by atoms with Crippen LogP contribution in [0.1, 0.15) is 11.1 Å². The summed E-state index contributed by atoms with van der Waals surface area (Å²) >= 11 is 0. The molecule has 12 nitrogen and oxygen atoms in total. The number of nitrogens with zero attached hydrogens (tertiary/aromatic N) is 10. The third-order valence-corrected chi connectivity index (χ3v) is 6.86. The molecule has 0 spiro atoms. The van der Waals surface area contributed by atoms with Crippen molar-refractivity contribution >= 4 is 22.9 Å². The van der Waals surface area contributed by atoms with Crippen molar-refractivity contribution in [2.45, 2.75) is 0 Å². The summed E-state index contributed by atoms with van der Waals surface area (Å²) in [5.74, 6) is 5.89. The zero-order valence-electron chi connectivity index (χ0n) is 22.0. The summed E-state index contributed by atoms with van der Waals surface area (Å²) < 4.78 is 3.46. The van der Waals surface area contributed by atoms with Crippen molar-refractivity contribution in [2.75, 3.05) is 31.1 Å². The van der Waals surface area contributed by atoms with E-state index in [-0.39, 0.29) is 11.6 Å². The SMILES string of the molecule is Cn1cc(-c2cc(-c3ccc(N4CCN(C(=O)C#Cc5cncc(N=O)c5)CC4)nc3)c3c(C#N)cnn3c2)cn1. The van der Waals surface area contributed by atoms with Gasteiger partial charge in [-0.3, -0.25) is 14.5 Å². The fourth-order valence-corrected chi connectivity index (χ4v) is 4.77. The van der Waals surface area contributed by atoms with Crippen LogP contribution < -0.4 is 4.90 Å². The van der Waals surface area contributed by atoms with Gasteiger partial charge in [0.15, 0.2) is 0 Å². The second kappa shape index (κ2) is 10.7. The van der Waals surface area contributed by atoms with Crippen molar-refractivity contribution in [1.29, 1.82) is 5.26 Å². The third kappa shape index (κ3) is 5.10. The summed E-state index contributed by atoms with van der Waals surface area (Å²) in [6, 6.07) is 9.68. The van der Waals surface area contributed by atoms with Gasteiger partial charge in [-0.25, -0.2) is 9.50 Å². The van der Waals surface area contributed by atoms with Gasteiger partial charge >= 0.3 is 0 Å². The lowest BCUT2D eigenvalue weighted by Crippen LogP contribution is -2.48. The highest BCUT2D eigenvalue weighted by molar-refractivity contribution is 5.94. The molecule has 12 heteroatoms. The largest absolute Gasteiger partial charge is 0.353 e. The molecule has 6 rings (SSSR count). The molecule has 200 valence electrons. The standard InChI is InChI=1S/C29H22N10O2/c1-36-18-24(16-33-36)22-11-26(29-23(12-30)15-34-39(29)19-22)21-3-4-27(32-14-21)37-6-8-38(9-7-37)28(40)5-2-20-10-25(35-41)17-31-13-20/h3-4,10-11,13-19H,6-9H2,1H3. The smallest absolute Gasteiger partial charge is 0.298 e. The second-order valence-electron chi connectivity index (χ2n) is 9.47. The van der Waals surface area contributed by atoms with E-state index in [4.69, 9.17) is 4.98 Å². The molecule has 5 aromatic heterocycles. The molecule has 0 radical (unpaired) electrons. The topological polar surface area (TPSA) is 138 Å². The van der Waals surface area contributed by atoms with E-state index in [2.05, 4.69) is 43.2 Å². The molecule has 1 saturated heterocycles. The summed E-state index contributed by atoms with van der Waals surface area (Å²) in [5.41, 5.74) is 5.38. The number of rotatable bonds is 4. The van der Waals surface area contributed by atoms with E-state index in [1.165, 1.54) is 18.5 Å². The van der Waals surface area contributed by atoms with Crippen molar-refractivity contribution in [1.82, 2.24) is 34.3 Å². The fourth-order valence-electron chi connectivity index (χ4n) is 4.77. The molecule has 0 aliphatic carbocycles. The minimum Gasteiger partial charge on any atom is -0.353 e. The van der Waals surface area contributed by atoms with Crippen LogP contribution in [0.15, 0.2) is 72.8 Å². The normalized spacial score (nSPS) is 13.0. The molecular weight excluding hydrogens is 520 g/mol. The number of pyridine rings is 3. The lowest BCUT2D eigenvalue weighted by Gasteiger charge is -2.34. The number of aryl methyl sites for hydroxylation is 1. The predicted molar refractivity (Wildman–Crippen MR) is 151 cm³/mol. The van der Waals surface area contributed by atoms with Crippen molar-refractivity contribution < 1.29 is 4.79 Å². The van der Waals surface area contributed by atoms with Gasteiger partial charge in [0.1, 0.15) is 17.6 Å². The summed E-state index contributed by atoms with van der Waals surface area (Å²) in [5, 5.41) is 21.2. The quantitative estimate of drug-likeness (QED) is 0.249. The Hall–Kier alpha value is -5.88. The maximum atomic E-state index is 12.6. The number of nitriles is 1. The summed E-state index contributed by atoms with van der Waals surface area (Å²) in [6.45, 7) is 2.21. The van der Waals surface area contributed by atoms with Crippen LogP contribution in [0.2, 0.25) is 0 Å². The van der Waals surface area contributed by atoms with Gasteiger partial charge in [-0.2, -0.15) is 15.5 Å². The zero-order chi connectivity index (χ0) is 28.3. The summed E-state index contributed by atoms with van der Waals surface area (Å²) in [6.07, 6.45) is 11.8. The van der Waals surface area contributed by atoms with Crippen LogP contribution in [0, 0.1) is 28.1 Å². The van der Waals surface area contributed by atoms with Gasteiger partial charge in [-0.1, -0.05) is 5.92 Å². The summed E-state index contributed by atoms with van der Waals surface area (Å²) in [4.78, 5) is 35.7. The van der Waals surface area contributed by atoms with E-state index in [0.29, 0.717) is 42.8 Å². The first-order chi connectivity index (χ1) is 20.0. The highest BCUT2D eigenvalue weighted by Gasteiger charge is 2.21. The predicted octanol–water partition coefficient (Wildman–Crippen LogP) is 3.16. The van der Waals surface area contributed by atoms with Gasteiger partial charge in [0.25, 0.3) is 5.91 Å². The van der Waals surface area contributed by atoms with Gasteiger partial charge < -0.3 is 9.80 Å². The van der Waals surface area contributed by atoms with E-state index >= 15 is 0 Å². The number of piperazine rings is 1. The minimum absolute atomic E-state index is 0.165. The highest BCUT2D eigenvalue weighted by atomic mass is 16.3. The van der Waals surface area contributed by atoms with Crippen LogP contribution in [-0.4, -0.2) is 66.3 Å². The molecule has 0 unspecified atom stereocenters. The van der Waals surface area contributed by atoms with Crippen molar-refractivity contribution in [2.24, 2.45) is 12.2 Å². The highest BCUT2D eigenvalue weighted by Crippen LogP contribution is 2.32. The summed E-state index contributed by atoms with van der Waals surface area (Å²) in [7, 11) is 1.86. The Kier molecular flexibility index (Phi) is 6.63. The van der Waals surface area contributed by atoms with E-state index in [1.54, 1.807) is 32.7 Å². The Labute approximate surface area is 234 Å². The van der Waals surface area contributed by atoms with Crippen LogP contribution in [0.4, 0.5) is 11.5 Å². The van der Waals surface area contributed by atoms with Gasteiger partial charge in [0.05, 0.1) is 29.7 Å². The van der Waals surface area contributed by atoms with Gasteiger partial charge in [-0.05, 0) is 29.4 Å². The first-order valence-corrected chi connectivity index (χ1v) is 12.7. The molecular formula is C29H22N10O2. The zero-order valence-corrected chi connectivity index (χ0v) is 22.0. The van der Waals surface area contributed by atoms with Crippen LogP contribution in [-0.2, 0) is 11.8 Å². The number of amides is 1. The molecule has 5 aromatic rings. The molecule has 0 N–H and O–H groups in total. The lowest BCUT2D eigenvalue weighted by atomic mass is 10.0. The van der Waals surface area contributed by atoms with Crippen molar-refractivity contribution in [3.8, 4) is 40.2 Å². The van der Waals surface area contributed by atoms with Crippen LogP contribution in [0.25, 0.3) is 27.8 Å². The van der Waals surface area contributed by atoms with Gasteiger partial charge in [-0.15, -0.1) is 4.91 Å². The maximum absolute atomic E-state index is 12.6. The Balaban J connectivity index is 1.19. The average Bonchev–Trinajstić information content (AvgIpc) is 3.65. The molecule has 1 fully saturated rings. The number of anilines is 1. The van der Waals surface area contributed by atoms with E-state index in [0.717, 1.165) is 28.1 Å². The minimum atomic E-state index is -0.288. The van der Waals surface area contributed by atoms with E-state index in [1.807, 2.05) is 37.6 Å². The van der Waals surface area contributed by atoms with Crippen molar-refractivity contribution in [3.05, 3.63) is 83.7 Å². The second-order valence-corrected chi connectivity index (χ2v) is 9.47. The Morgan fingerprint density at radius 2 is 1.80 bits per heavy atom. The third-order valence-electron chi connectivity index (χ3n) is 6.86. The first-order valence-electron chi connectivity index (χ1n) is 12.7. The number of hydrogen-bond donors (Lipinski definition) is 0. The number of nitroso groups, excluding NO2 is 1. The molecule has 1 amide bonds. The Morgan fingerprint density at radius 1 is 0.951 bits per heavy atom. The molecule has 41 heavy (non-hydrogen) atoms. The van der Waals surface area contributed by atoms with Crippen LogP contribution in [0.3, 0.4) is 0 Å². The fraction of sp³-hybridized carbons (Fsp3) is 0.172. The van der Waals surface area contributed by atoms with Crippen LogP contribution >= 0.6 is 0 Å². The molecule has 0 aromatic carbocycles. The van der Waals surface area contributed by atoms with Gasteiger partial charge in [0, 0.05) is 91.8 Å². The van der Waals surface area contributed by atoms with E-state index in [9.17, 15) is 15.0 Å². The van der Waals surface area contributed by atoms with E-state index < -0.39 is 0 Å². The Morgan fingerprint density at radius 3 is 2.51 bits per heavy atom. The van der Waals surface area contributed by atoms with Gasteiger partial charge in [0.2, 0.25) is 0 Å². The molecule has 0 bridgehead atoms. The lowest BCUT2D eigenvalue weighted by molar-refractivity contribution is -0.125. The Bertz CT molecular complexity index is 1880. The maximum Gasteiger partial charge on any atom is 0.298 e. The number of fused-ring (bicyclic) bond motifs is 1. The number of carbonyl (C=O) groups excluding carboxylic acids is 1. The average molecular weight is 543 g/mol. The number of hydrogen-bond acceptors (Lipinski definition) is 9.